The highest BCUT2D eigenvalue weighted by molar-refractivity contribution is 6.09. The van der Waals surface area contributed by atoms with Crippen LogP contribution in [0.15, 0.2) is 54.7 Å². The van der Waals surface area contributed by atoms with Crippen LogP contribution in [0.3, 0.4) is 0 Å². The van der Waals surface area contributed by atoms with Crippen molar-refractivity contribution in [3.05, 3.63) is 65.9 Å². The highest BCUT2D eigenvalue weighted by atomic mass is 16.3. The summed E-state index contributed by atoms with van der Waals surface area (Å²) in [6, 6.07) is 14.8. The van der Waals surface area contributed by atoms with Gasteiger partial charge in [0.15, 0.2) is 5.75 Å². The fraction of sp³-hybridized carbons (Fsp3) is 0.200. The van der Waals surface area contributed by atoms with Crippen molar-refractivity contribution in [1.82, 2.24) is 4.98 Å². The monoisotopic (exact) mass is 322 g/mol. The SMILES string of the molecule is C.CCCc1ccc(NC(=O)c2ccc3cccnc3c2O)cc1. The first-order valence-electron chi connectivity index (χ1n) is 7.66. The van der Waals surface area contributed by atoms with Crippen LogP contribution in [0.2, 0.25) is 0 Å². The lowest BCUT2D eigenvalue weighted by atomic mass is 10.1. The van der Waals surface area contributed by atoms with Gasteiger partial charge in [0.25, 0.3) is 5.91 Å². The number of rotatable bonds is 4. The van der Waals surface area contributed by atoms with E-state index in [1.54, 1.807) is 24.4 Å². The van der Waals surface area contributed by atoms with Crippen LogP contribution in [0.25, 0.3) is 10.9 Å². The third-order valence-corrected chi connectivity index (χ3v) is 3.74. The molecule has 0 aliphatic carbocycles. The van der Waals surface area contributed by atoms with Crippen LogP contribution >= 0.6 is 0 Å². The molecule has 1 amide bonds. The van der Waals surface area contributed by atoms with Crippen molar-refractivity contribution in [3.8, 4) is 5.75 Å². The third-order valence-electron chi connectivity index (χ3n) is 3.74. The van der Waals surface area contributed by atoms with Gasteiger partial charge in [-0.15, -0.1) is 0 Å². The van der Waals surface area contributed by atoms with E-state index in [0.29, 0.717) is 11.2 Å². The lowest BCUT2D eigenvalue weighted by Crippen LogP contribution is -2.12. The van der Waals surface area contributed by atoms with Crippen LogP contribution in [0.1, 0.15) is 36.7 Å². The van der Waals surface area contributed by atoms with Gasteiger partial charge in [0, 0.05) is 17.3 Å². The van der Waals surface area contributed by atoms with Crippen LogP contribution in [0.4, 0.5) is 5.69 Å². The predicted octanol–water partition coefficient (Wildman–Crippen LogP) is 4.78. The highest BCUT2D eigenvalue weighted by Crippen LogP contribution is 2.27. The maximum Gasteiger partial charge on any atom is 0.259 e. The summed E-state index contributed by atoms with van der Waals surface area (Å²) < 4.78 is 0. The van der Waals surface area contributed by atoms with Gasteiger partial charge in [0.05, 0.1) is 5.56 Å². The Morgan fingerprint density at radius 1 is 1.12 bits per heavy atom. The summed E-state index contributed by atoms with van der Waals surface area (Å²) in [7, 11) is 0. The first-order chi connectivity index (χ1) is 11.2. The van der Waals surface area contributed by atoms with Gasteiger partial charge >= 0.3 is 0 Å². The molecule has 0 radical (unpaired) electrons. The van der Waals surface area contributed by atoms with Crippen LogP contribution in [-0.2, 0) is 6.42 Å². The van der Waals surface area contributed by atoms with E-state index in [-0.39, 0.29) is 24.6 Å². The van der Waals surface area contributed by atoms with Crippen molar-refractivity contribution >= 4 is 22.5 Å². The molecule has 2 aromatic carbocycles. The van der Waals surface area contributed by atoms with Gasteiger partial charge in [0.2, 0.25) is 0 Å². The zero-order valence-electron chi connectivity index (χ0n) is 12.9. The zero-order chi connectivity index (χ0) is 16.2. The lowest BCUT2D eigenvalue weighted by molar-refractivity contribution is 0.102. The van der Waals surface area contributed by atoms with Gasteiger partial charge in [-0.25, -0.2) is 0 Å². The van der Waals surface area contributed by atoms with Crippen LogP contribution < -0.4 is 5.32 Å². The lowest BCUT2D eigenvalue weighted by Gasteiger charge is -2.09. The summed E-state index contributed by atoms with van der Waals surface area (Å²) >= 11 is 0. The van der Waals surface area contributed by atoms with Crippen molar-refractivity contribution in [2.24, 2.45) is 0 Å². The van der Waals surface area contributed by atoms with E-state index in [1.807, 2.05) is 30.3 Å². The third kappa shape index (κ3) is 3.54. The molecule has 0 atom stereocenters. The molecule has 0 spiro atoms. The normalized spacial score (nSPS) is 10.2. The van der Waals surface area contributed by atoms with E-state index in [2.05, 4.69) is 17.2 Å². The number of anilines is 1. The molecule has 24 heavy (non-hydrogen) atoms. The Labute approximate surface area is 142 Å². The Kier molecular flexibility index (Phi) is 5.53. The fourth-order valence-electron chi connectivity index (χ4n) is 2.55. The number of phenols is 1. The molecule has 4 heteroatoms. The predicted molar refractivity (Wildman–Crippen MR) is 98.5 cm³/mol. The number of hydrogen-bond acceptors (Lipinski definition) is 3. The van der Waals surface area contributed by atoms with E-state index in [9.17, 15) is 9.90 Å². The molecule has 0 aliphatic rings. The first-order valence-corrected chi connectivity index (χ1v) is 7.66. The molecular formula is C20H22N2O2. The highest BCUT2D eigenvalue weighted by Gasteiger charge is 2.14. The van der Waals surface area contributed by atoms with Crippen molar-refractivity contribution < 1.29 is 9.90 Å². The number of aromatic hydroxyl groups is 1. The number of amides is 1. The molecule has 3 rings (SSSR count). The maximum absolute atomic E-state index is 12.4. The second-order valence-corrected chi connectivity index (χ2v) is 5.44. The molecule has 3 aromatic rings. The first kappa shape index (κ1) is 17.5. The van der Waals surface area contributed by atoms with Crippen LogP contribution in [-0.4, -0.2) is 16.0 Å². The Morgan fingerprint density at radius 2 is 1.88 bits per heavy atom. The molecule has 1 heterocycles. The number of benzene rings is 2. The van der Waals surface area contributed by atoms with Gasteiger partial charge < -0.3 is 10.4 Å². The molecule has 0 saturated heterocycles. The average Bonchev–Trinajstić information content (AvgIpc) is 2.57. The Balaban J connectivity index is 0.00000208. The quantitative estimate of drug-likeness (QED) is 0.726. The van der Waals surface area contributed by atoms with E-state index >= 15 is 0 Å². The summed E-state index contributed by atoms with van der Waals surface area (Å²) in [6.45, 7) is 2.13. The molecule has 0 aliphatic heterocycles. The number of aryl methyl sites for hydroxylation is 1. The zero-order valence-corrected chi connectivity index (χ0v) is 12.9. The number of aromatic nitrogens is 1. The topological polar surface area (TPSA) is 62.2 Å². The summed E-state index contributed by atoms with van der Waals surface area (Å²) in [4.78, 5) is 16.5. The van der Waals surface area contributed by atoms with E-state index in [1.165, 1.54) is 5.56 Å². The Morgan fingerprint density at radius 3 is 2.58 bits per heavy atom. The van der Waals surface area contributed by atoms with Crippen LogP contribution in [0, 0.1) is 0 Å². The molecule has 0 saturated carbocycles. The Hall–Kier alpha value is -2.88. The smallest absolute Gasteiger partial charge is 0.259 e. The maximum atomic E-state index is 12.4. The Bertz CT molecular complexity index is 842. The summed E-state index contributed by atoms with van der Waals surface area (Å²) in [5.41, 5.74) is 2.59. The van der Waals surface area contributed by atoms with Gasteiger partial charge in [-0.05, 0) is 36.2 Å². The molecule has 1 aromatic heterocycles. The van der Waals surface area contributed by atoms with Crippen molar-refractivity contribution in [3.63, 3.8) is 0 Å². The summed E-state index contributed by atoms with van der Waals surface area (Å²) in [6.07, 6.45) is 3.70. The number of pyridine rings is 1. The largest absolute Gasteiger partial charge is 0.505 e. The molecule has 0 bridgehead atoms. The number of hydrogen-bond donors (Lipinski definition) is 2. The minimum Gasteiger partial charge on any atom is -0.505 e. The van der Waals surface area contributed by atoms with Gasteiger partial charge in [0.1, 0.15) is 5.52 Å². The van der Waals surface area contributed by atoms with Gasteiger partial charge in [-0.3, -0.25) is 9.78 Å². The van der Waals surface area contributed by atoms with E-state index in [0.717, 1.165) is 18.2 Å². The molecule has 0 fully saturated rings. The number of carbonyl (C=O) groups excluding carboxylic acids is 1. The van der Waals surface area contributed by atoms with Gasteiger partial charge in [-0.1, -0.05) is 45.0 Å². The molecule has 2 N–H and O–H groups in total. The minimum atomic E-state index is -0.349. The number of fused-ring (bicyclic) bond motifs is 1. The van der Waals surface area contributed by atoms with E-state index in [4.69, 9.17) is 0 Å². The molecule has 0 unspecified atom stereocenters. The average molecular weight is 322 g/mol. The number of nitrogens with one attached hydrogen (secondary N) is 1. The number of phenolic OH excluding ortho intramolecular Hbond substituents is 1. The van der Waals surface area contributed by atoms with E-state index < -0.39 is 0 Å². The van der Waals surface area contributed by atoms with Crippen LogP contribution in [0.5, 0.6) is 5.75 Å². The molecule has 4 nitrogen and oxygen atoms in total. The molecular weight excluding hydrogens is 300 g/mol. The van der Waals surface area contributed by atoms with Crippen molar-refractivity contribution in [1.29, 1.82) is 0 Å². The fourth-order valence-corrected chi connectivity index (χ4v) is 2.55. The second kappa shape index (κ2) is 7.59. The summed E-state index contributed by atoms with van der Waals surface area (Å²) in [5, 5.41) is 13.9. The second-order valence-electron chi connectivity index (χ2n) is 5.44. The minimum absolute atomic E-state index is 0. The number of carbonyl (C=O) groups is 1. The summed E-state index contributed by atoms with van der Waals surface area (Å²) in [5.74, 6) is -0.443. The van der Waals surface area contributed by atoms with Crippen molar-refractivity contribution in [2.75, 3.05) is 5.32 Å². The molecule has 124 valence electrons. The number of nitrogens with zero attached hydrogens (tertiary/aromatic N) is 1. The van der Waals surface area contributed by atoms with Crippen molar-refractivity contribution in [2.45, 2.75) is 27.2 Å². The standard InChI is InChI=1S/C19H18N2O2.CH4/c1-2-4-13-6-9-15(10-7-13)21-19(23)16-11-8-14-5-3-12-20-17(14)18(16)22;/h3,5-12,22H,2,4H2,1H3,(H,21,23);1H4. The van der Waals surface area contributed by atoms with Gasteiger partial charge in [-0.2, -0.15) is 0 Å².